The number of anilines is 1. The minimum absolute atomic E-state index is 0.100. The number of carbonyl (C=O) groups is 1. The van der Waals surface area contributed by atoms with Gasteiger partial charge in [0.25, 0.3) is 0 Å². The van der Waals surface area contributed by atoms with E-state index in [1.54, 1.807) is 30.4 Å². The van der Waals surface area contributed by atoms with Gasteiger partial charge in [0.1, 0.15) is 0 Å². The summed E-state index contributed by atoms with van der Waals surface area (Å²) in [6.07, 6.45) is 11.2. The maximum atomic E-state index is 11.8. The molecule has 3 rings (SSSR count). The number of nitrogens with zero attached hydrogens (tertiary/aromatic N) is 1. The van der Waals surface area contributed by atoms with E-state index in [1.165, 1.54) is 24.3 Å². The van der Waals surface area contributed by atoms with Crippen molar-refractivity contribution in [1.29, 1.82) is 0 Å². The van der Waals surface area contributed by atoms with E-state index in [2.05, 4.69) is 4.90 Å². The van der Waals surface area contributed by atoms with E-state index >= 15 is 0 Å². The molecule has 0 unspecified atom stereocenters. The van der Waals surface area contributed by atoms with Gasteiger partial charge in [-0.25, -0.2) is 0 Å². The van der Waals surface area contributed by atoms with Gasteiger partial charge in [0.2, 0.25) is 0 Å². The summed E-state index contributed by atoms with van der Waals surface area (Å²) in [6, 6.07) is 10.6. The van der Waals surface area contributed by atoms with Crippen LogP contribution in [0.4, 0.5) is 5.69 Å². The van der Waals surface area contributed by atoms with Gasteiger partial charge in [-0.1, -0.05) is 0 Å². The molecule has 236 valence electrons. The molecule has 43 heavy (non-hydrogen) atoms. The molecule has 0 atom stereocenters. The second-order valence-corrected chi connectivity index (χ2v) is 14.7. The van der Waals surface area contributed by atoms with Crippen molar-refractivity contribution in [1.82, 2.24) is 0 Å². The Morgan fingerprint density at radius 2 is 1.58 bits per heavy atom. The molecule has 0 aromatic heterocycles. The van der Waals surface area contributed by atoms with Crippen LogP contribution in [-0.2, 0) is 50.9 Å². The first-order chi connectivity index (χ1) is 19.9. The van der Waals surface area contributed by atoms with Gasteiger partial charge in [0, 0.05) is 6.42 Å². The zero-order valence-electron chi connectivity index (χ0n) is 24.4. The van der Waals surface area contributed by atoms with Crippen molar-refractivity contribution < 1.29 is 50.9 Å². The monoisotopic (exact) mass is 673 g/mol. The van der Waals surface area contributed by atoms with Crippen molar-refractivity contribution in [3.05, 3.63) is 89.7 Å². The van der Waals surface area contributed by atoms with E-state index in [4.69, 9.17) is 20.1 Å². The number of unbranched alkanes of at least 4 members (excludes halogenated alkanes) is 2. The Bertz CT molecular complexity index is 1700. The first-order valence-corrected chi connectivity index (χ1v) is 17.0. The summed E-state index contributed by atoms with van der Waals surface area (Å²) >= 11 is 5.26. The van der Waals surface area contributed by atoms with Gasteiger partial charge in [-0.15, -0.1) is 0 Å². The molecule has 0 fully saturated rings. The Kier molecular flexibility index (Phi) is 10.8. The predicted octanol–water partition coefficient (Wildman–Crippen LogP) is 5.62. The van der Waals surface area contributed by atoms with E-state index in [-0.39, 0.29) is 16.2 Å². The zero-order chi connectivity index (χ0) is 32.2. The van der Waals surface area contributed by atoms with E-state index in [0.29, 0.717) is 23.0 Å². The van der Waals surface area contributed by atoms with Gasteiger partial charge in [0.05, 0.1) is 0 Å². The van der Waals surface area contributed by atoms with Crippen LogP contribution < -0.4 is 4.90 Å². The number of fused-ring (bicyclic) bond motifs is 1. The average molecular weight is 674 g/mol. The van der Waals surface area contributed by atoms with Crippen LogP contribution in [0.15, 0.2) is 88.3 Å². The standard InChI is InChI=1S/C31H37NO8S2.Ni/c1-30(2,23-13-12-14-24(21-23)41(35,36)37)19-10-6-5-8-15-28-31(3,4)26-22-25(42(38,39)40)17-18-27(26)32(28)20-11-7-9-16-29(33)34;/h5-6,8,10,12-15,17-18,21-22H,7,9,11,16,20H2,1-4H3,(H,33,34)(H,35,36,37)(H,38,39,40);/b8-5+,10-6+,28-15+;. The molecular weight excluding hydrogens is 637 g/mol. The van der Waals surface area contributed by atoms with Gasteiger partial charge in [-0.05, 0) is 0 Å². The average Bonchev–Trinajstić information content (AvgIpc) is 3.12. The molecule has 0 bridgehead atoms. The molecule has 0 amide bonds. The third-order valence-corrected chi connectivity index (χ3v) is 10.0. The van der Waals surface area contributed by atoms with Gasteiger partial charge < -0.3 is 5.11 Å². The van der Waals surface area contributed by atoms with Crippen LogP contribution >= 0.6 is 0 Å². The summed E-state index contributed by atoms with van der Waals surface area (Å²) in [4.78, 5) is 12.6. The summed E-state index contributed by atoms with van der Waals surface area (Å²) in [6.45, 7) is 8.29. The fraction of sp³-hybridized carbons (Fsp3) is 0.355. The number of hydrogen-bond donors (Lipinski definition) is 3. The fourth-order valence-corrected chi connectivity index (χ4v) is 6.28. The van der Waals surface area contributed by atoms with Crippen LogP contribution in [0.1, 0.15) is 64.5 Å². The molecule has 2 aromatic rings. The summed E-state index contributed by atoms with van der Waals surface area (Å²) in [5.74, 6) is -0.834. The first-order valence-electron chi connectivity index (χ1n) is 13.6. The maximum absolute atomic E-state index is 11.8. The SMILES string of the molecule is CC(C)([C](=[Ni])/C=C/C=C/C=C1/N(CCCCCC(=O)O)c2ccc(S(=O)(=O)O)cc2C1(C)C)c1cccc(S(=O)(=O)O)c1. The Labute approximate surface area is 261 Å². The molecule has 0 aliphatic carbocycles. The van der Waals surface area contributed by atoms with E-state index in [1.807, 2.05) is 45.9 Å². The van der Waals surface area contributed by atoms with Crippen molar-refractivity contribution in [3.8, 4) is 0 Å². The van der Waals surface area contributed by atoms with Crippen molar-refractivity contribution in [2.75, 3.05) is 11.4 Å². The number of carboxylic acids is 1. The zero-order valence-corrected chi connectivity index (χ0v) is 27.0. The molecule has 0 spiro atoms. The third kappa shape index (κ3) is 8.39. The number of allylic oxidation sites excluding steroid dienone is 6. The van der Waals surface area contributed by atoms with Crippen LogP contribution in [-0.4, -0.2) is 48.1 Å². The summed E-state index contributed by atoms with van der Waals surface area (Å²) < 4.78 is 66.5. The summed E-state index contributed by atoms with van der Waals surface area (Å²) in [7, 11) is -8.73. The summed E-state index contributed by atoms with van der Waals surface area (Å²) in [5, 5.41) is 8.93. The molecule has 0 saturated carbocycles. The number of hydrogen-bond acceptors (Lipinski definition) is 6. The predicted molar refractivity (Wildman–Crippen MR) is 163 cm³/mol. The summed E-state index contributed by atoms with van der Waals surface area (Å²) in [5.41, 5.74) is 1.85. The number of rotatable bonds is 13. The molecule has 12 heteroatoms. The Morgan fingerprint density at radius 3 is 2.21 bits per heavy atom. The number of aliphatic carboxylic acids is 1. The fourth-order valence-electron chi connectivity index (χ4n) is 5.01. The van der Waals surface area contributed by atoms with Crippen LogP contribution in [0.5, 0.6) is 0 Å². The van der Waals surface area contributed by atoms with Crippen LogP contribution in [0.25, 0.3) is 0 Å². The Morgan fingerprint density at radius 1 is 0.930 bits per heavy atom. The van der Waals surface area contributed by atoms with E-state index in [0.717, 1.165) is 29.8 Å². The van der Waals surface area contributed by atoms with Crippen molar-refractivity contribution in [3.63, 3.8) is 0 Å². The van der Waals surface area contributed by atoms with Crippen LogP contribution in [0, 0.1) is 0 Å². The number of benzene rings is 2. The van der Waals surface area contributed by atoms with Crippen LogP contribution in [0.2, 0.25) is 0 Å². The van der Waals surface area contributed by atoms with E-state index in [9.17, 15) is 30.7 Å². The van der Waals surface area contributed by atoms with E-state index < -0.39 is 37.0 Å². The normalized spacial score (nSPS) is 16.4. The topological polar surface area (TPSA) is 149 Å². The molecule has 1 aliphatic heterocycles. The van der Waals surface area contributed by atoms with Crippen molar-refractivity contribution in [2.24, 2.45) is 0 Å². The van der Waals surface area contributed by atoms with Gasteiger partial charge >= 0.3 is 233 Å². The quantitative estimate of drug-likeness (QED) is 0.107. The molecule has 1 aliphatic rings. The van der Waals surface area contributed by atoms with Gasteiger partial charge in [0.15, 0.2) is 0 Å². The Hall–Kier alpha value is -2.89. The van der Waals surface area contributed by atoms with Gasteiger partial charge in [-0.2, -0.15) is 8.42 Å². The minimum atomic E-state index is -4.39. The second kappa shape index (κ2) is 13.4. The molecule has 9 nitrogen and oxygen atoms in total. The second-order valence-electron chi connectivity index (χ2n) is 11.4. The molecule has 3 N–H and O–H groups in total. The van der Waals surface area contributed by atoms with Crippen molar-refractivity contribution in [2.45, 2.75) is 74.0 Å². The van der Waals surface area contributed by atoms with Crippen LogP contribution in [0.3, 0.4) is 0 Å². The molecule has 0 saturated heterocycles. The third-order valence-electron chi connectivity index (χ3n) is 7.55. The molecular formula is C31H37NNiO8S2. The van der Waals surface area contributed by atoms with Crippen molar-refractivity contribution >= 4 is 36.4 Å². The first kappa shape index (κ1) is 34.6. The van der Waals surface area contributed by atoms with Gasteiger partial charge in [-0.3, -0.25) is 9.35 Å². The molecule has 0 radical (unpaired) electrons. The number of carboxylic acid groups (broad SMARTS) is 1. The Balaban J connectivity index is 1.85. The molecule has 1 heterocycles. The molecule has 2 aromatic carbocycles.